The van der Waals surface area contributed by atoms with E-state index < -0.39 is 0 Å². The fourth-order valence-electron chi connectivity index (χ4n) is 1.21. The highest BCUT2D eigenvalue weighted by molar-refractivity contribution is 8.00. The number of ketones is 1. The Hall–Kier alpha value is -1.36. The van der Waals surface area contributed by atoms with E-state index in [-0.39, 0.29) is 35.5 Å². The van der Waals surface area contributed by atoms with Crippen molar-refractivity contribution in [1.29, 1.82) is 0 Å². The van der Waals surface area contributed by atoms with Crippen molar-refractivity contribution in [2.75, 3.05) is 18.6 Å². The molecule has 5 heteroatoms. The molecule has 1 aromatic carbocycles. The van der Waals surface area contributed by atoms with Gasteiger partial charge in [0.05, 0.1) is 18.6 Å². The highest BCUT2D eigenvalue weighted by atomic mass is 32.2. The number of methoxy groups -OCH3 is 1. The fourth-order valence-corrected chi connectivity index (χ4v) is 1.93. The molecule has 0 fully saturated rings. The Kier molecular flexibility index (Phi) is 5.69. The molecule has 0 aliphatic rings. The van der Waals surface area contributed by atoms with Crippen LogP contribution in [0.15, 0.2) is 24.3 Å². The number of Topliss-reactive ketones (excluding diaryl/α,β-unsaturated/α-hetero) is 1. The largest absolute Gasteiger partial charge is 0.468 e. The van der Waals surface area contributed by atoms with Crippen molar-refractivity contribution in [2.24, 2.45) is 0 Å². The molecule has 0 aliphatic heterocycles. The maximum atomic E-state index is 13.2. The van der Waals surface area contributed by atoms with Crippen molar-refractivity contribution in [3.8, 4) is 0 Å². The maximum absolute atomic E-state index is 13.2. The number of carbonyl (C=O) groups excluding carboxylic acids is 2. The minimum Gasteiger partial charge on any atom is -0.468 e. The number of benzene rings is 1. The summed E-state index contributed by atoms with van der Waals surface area (Å²) in [4.78, 5) is 22.3. The van der Waals surface area contributed by atoms with Gasteiger partial charge in [0.15, 0.2) is 0 Å². The second-order valence-corrected chi connectivity index (χ2v) is 4.36. The Morgan fingerprint density at radius 1 is 1.29 bits per heavy atom. The van der Waals surface area contributed by atoms with Gasteiger partial charge in [-0.15, -0.1) is 11.8 Å². The number of thioether (sulfide) groups is 1. The lowest BCUT2D eigenvalue weighted by Crippen LogP contribution is -2.10. The molecule has 0 saturated carbocycles. The van der Waals surface area contributed by atoms with Crippen LogP contribution in [0.25, 0.3) is 0 Å². The second-order valence-electron chi connectivity index (χ2n) is 3.38. The van der Waals surface area contributed by atoms with Gasteiger partial charge in [0, 0.05) is 6.42 Å². The zero-order chi connectivity index (χ0) is 12.7. The van der Waals surface area contributed by atoms with E-state index in [1.165, 1.54) is 24.9 Å². The first kappa shape index (κ1) is 13.7. The third-order valence-electron chi connectivity index (χ3n) is 2.06. The van der Waals surface area contributed by atoms with Crippen molar-refractivity contribution < 1.29 is 18.7 Å². The Bertz CT molecular complexity index is 406. The SMILES string of the molecule is COC(=O)CSCC(=O)Cc1ccccc1F. The smallest absolute Gasteiger partial charge is 0.315 e. The van der Waals surface area contributed by atoms with Crippen LogP contribution in [0.4, 0.5) is 4.39 Å². The van der Waals surface area contributed by atoms with E-state index in [0.717, 1.165) is 0 Å². The van der Waals surface area contributed by atoms with Crippen LogP contribution in [0.2, 0.25) is 0 Å². The molecule has 1 rings (SSSR count). The van der Waals surface area contributed by atoms with Gasteiger partial charge in [-0.25, -0.2) is 4.39 Å². The normalized spacial score (nSPS) is 10.0. The number of rotatable bonds is 6. The summed E-state index contributed by atoms with van der Waals surface area (Å²) in [6, 6.07) is 6.17. The number of hydrogen-bond acceptors (Lipinski definition) is 4. The van der Waals surface area contributed by atoms with Crippen LogP contribution >= 0.6 is 11.8 Å². The van der Waals surface area contributed by atoms with Crippen molar-refractivity contribution in [3.63, 3.8) is 0 Å². The van der Waals surface area contributed by atoms with Gasteiger partial charge in [-0.05, 0) is 11.6 Å². The average Bonchev–Trinajstić information content (AvgIpc) is 2.32. The summed E-state index contributed by atoms with van der Waals surface area (Å²) in [5, 5.41) is 0. The molecule has 0 amide bonds. The minimum atomic E-state index is -0.376. The van der Waals surface area contributed by atoms with Crippen LogP contribution in [0.1, 0.15) is 5.56 Å². The summed E-state index contributed by atoms with van der Waals surface area (Å²) in [5.41, 5.74) is 0.385. The third kappa shape index (κ3) is 4.99. The maximum Gasteiger partial charge on any atom is 0.315 e. The Morgan fingerprint density at radius 2 is 2.00 bits per heavy atom. The fraction of sp³-hybridized carbons (Fsp3) is 0.333. The molecule has 0 radical (unpaired) electrons. The van der Waals surface area contributed by atoms with Gasteiger partial charge in [-0.2, -0.15) is 0 Å². The van der Waals surface area contributed by atoms with Crippen LogP contribution in [0, 0.1) is 5.82 Å². The molecule has 0 spiro atoms. The van der Waals surface area contributed by atoms with E-state index in [2.05, 4.69) is 4.74 Å². The van der Waals surface area contributed by atoms with Crippen LogP contribution < -0.4 is 0 Å². The van der Waals surface area contributed by atoms with Gasteiger partial charge >= 0.3 is 5.97 Å². The van der Waals surface area contributed by atoms with Crippen LogP contribution in [-0.2, 0) is 20.7 Å². The van der Waals surface area contributed by atoms with Gasteiger partial charge in [0.1, 0.15) is 11.6 Å². The van der Waals surface area contributed by atoms with Crippen molar-refractivity contribution >= 4 is 23.5 Å². The van der Waals surface area contributed by atoms with Gasteiger partial charge < -0.3 is 4.74 Å². The first-order chi connectivity index (χ1) is 8.13. The van der Waals surface area contributed by atoms with E-state index >= 15 is 0 Å². The molecular weight excluding hydrogens is 243 g/mol. The predicted molar refractivity (Wildman–Crippen MR) is 64.5 cm³/mol. The van der Waals surface area contributed by atoms with E-state index in [4.69, 9.17) is 0 Å². The van der Waals surface area contributed by atoms with Gasteiger partial charge in [-0.1, -0.05) is 18.2 Å². The van der Waals surface area contributed by atoms with Crippen molar-refractivity contribution in [2.45, 2.75) is 6.42 Å². The molecule has 0 heterocycles. The van der Waals surface area contributed by atoms with E-state index in [9.17, 15) is 14.0 Å². The molecule has 0 N–H and O–H groups in total. The number of hydrogen-bond donors (Lipinski definition) is 0. The molecule has 1 aromatic rings. The second kappa shape index (κ2) is 7.06. The molecule has 0 aromatic heterocycles. The predicted octanol–water partition coefficient (Wildman–Crippen LogP) is 1.84. The van der Waals surface area contributed by atoms with Crippen LogP contribution in [-0.4, -0.2) is 30.4 Å². The molecule has 3 nitrogen and oxygen atoms in total. The Labute approximate surface area is 103 Å². The summed E-state index contributed by atoms with van der Waals surface area (Å²) in [6.07, 6.45) is 0.0564. The zero-order valence-electron chi connectivity index (χ0n) is 9.44. The first-order valence-corrected chi connectivity index (χ1v) is 6.18. The topological polar surface area (TPSA) is 43.4 Å². The summed E-state index contributed by atoms with van der Waals surface area (Å²) in [5.74, 6) is -0.528. The lowest BCUT2D eigenvalue weighted by Gasteiger charge is -2.02. The summed E-state index contributed by atoms with van der Waals surface area (Å²) in [7, 11) is 1.30. The third-order valence-corrected chi connectivity index (χ3v) is 3.02. The lowest BCUT2D eigenvalue weighted by molar-refractivity contribution is -0.137. The highest BCUT2D eigenvalue weighted by Crippen LogP contribution is 2.09. The number of esters is 1. The molecule has 0 saturated heterocycles. The summed E-state index contributed by atoms with van der Waals surface area (Å²) >= 11 is 1.17. The zero-order valence-corrected chi connectivity index (χ0v) is 10.3. The monoisotopic (exact) mass is 256 g/mol. The van der Waals surface area contributed by atoms with E-state index in [0.29, 0.717) is 5.56 Å². The van der Waals surface area contributed by atoms with Crippen molar-refractivity contribution in [3.05, 3.63) is 35.6 Å². The molecule has 0 aliphatic carbocycles. The number of ether oxygens (including phenoxy) is 1. The lowest BCUT2D eigenvalue weighted by atomic mass is 10.1. The van der Waals surface area contributed by atoms with E-state index in [1.54, 1.807) is 18.2 Å². The molecule has 0 bridgehead atoms. The molecule has 0 atom stereocenters. The van der Waals surface area contributed by atoms with Gasteiger partial charge in [0.2, 0.25) is 0 Å². The quantitative estimate of drug-likeness (QED) is 0.728. The minimum absolute atomic E-state index is 0.0564. The number of carbonyl (C=O) groups is 2. The Balaban J connectivity index is 2.35. The standard InChI is InChI=1S/C12H13FO3S/c1-16-12(15)8-17-7-10(14)6-9-4-2-3-5-11(9)13/h2-5H,6-8H2,1H3. The molecule has 0 unspecified atom stereocenters. The van der Waals surface area contributed by atoms with Crippen LogP contribution in [0.3, 0.4) is 0 Å². The van der Waals surface area contributed by atoms with E-state index in [1.807, 2.05) is 0 Å². The van der Waals surface area contributed by atoms with Crippen LogP contribution in [0.5, 0.6) is 0 Å². The highest BCUT2D eigenvalue weighted by Gasteiger charge is 2.09. The molecule has 17 heavy (non-hydrogen) atoms. The molecular formula is C12H13FO3S. The van der Waals surface area contributed by atoms with Gasteiger partial charge in [0.25, 0.3) is 0 Å². The van der Waals surface area contributed by atoms with Crippen molar-refractivity contribution in [1.82, 2.24) is 0 Å². The summed E-state index contributed by atoms with van der Waals surface area (Å²) in [6.45, 7) is 0. The summed E-state index contributed by atoms with van der Waals surface area (Å²) < 4.78 is 17.7. The molecule has 92 valence electrons. The average molecular weight is 256 g/mol. The van der Waals surface area contributed by atoms with Gasteiger partial charge in [-0.3, -0.25) is 9.59 Å². The Morgan fingerprint density at radius 3 is 2.65 bits per heavy atom. The number of halogens is 1. The first-order valence-electron chi connectivity index (χ1n) is 5.03.